The van der Waals surface area contributed by atoms with Crippen molar-refractivity contribution in [3.8, 4) is 0 Å². The van der Waals surface area contributed by atoms with E-state index >= 15 is 0 Å². The van der Waals surface area contributed by atoms with E-state index in [-0.39, 0.29) is 42.3 Å². The maximum atomic E-state index is 12.6. The molecule has 5 heteroatoms. The van der Waals surface area contributed by atoms with Gasteiger partial charge in [0.05, 0.1) is 5.92 Å². The predicted molar refractivity (Wildman–Crippen MR) is 96.6 cm³/mol. The average Bonchev–Trinajstić information content (AvgIpc) is 2.95. The van der Waals surface area contributed by atoms with E-state index in [1.54, 1.807) is 4.90 Å². The molecule has 1 aromatic carbocycles. The number of benzene rings is 1. The molecule has 0 aromatic heterocycles. The SMILES string of the molecule is C[C@H]1Cc2ccccc2N1C(=O)COC(=O)C1C[C@H]2CCC[C@@H](C1)C2=O. The Balaban J connectivity index is 1.36. The highest BCUT2D eigenvalue weighted by Crippen LogP contribution is 2.40. The Hall–Kier alpha value is -2.17. The molecule has 0 spiro atoms. The molecule has 2 aliphatic carbocycles. The maximum absolute atomic E-state index is 12.6. The lowest BCUT2D eigenvalue weighted by Crippen LogP contribution is -2.41. The Bertz CT molecular complexity index is 727. The van der Waals surface area contributed by atoms with Crippen LogP contribution in [0.3, 0.4) is 0 Å². The van der Waals surface area contributed by atoms with E-state index in [0.29, 0.717) is 18.6 Å². The van der Waals surface area contributed by atoms with Crippen molar-refractivity contribution >= 4 is 23.3 Å². The zero-order valence-electron chi connectivity index (χ0n) is 15.1. The Morgan fingerprint density at radius 1 is 1.15 bits per heavy atom. The van der Waals surface area contributed by atoms with Crippen molar-refractivity contribution in [1.29, 1.82) is 0 Å². The summed E-state index contributed by atoms with van der Waals surface area (Å²) in [6, 6.07) is 7.93. The second-order valence-corrected chi connectivity index (χ2v) is 7.95. The van der Waals surface area contributed by atoms with Crippen LogP contribution >= 0.6 is 0 Å². The Morgan fingerprint density at radius 3 is 2.58 bits per heavy atom. The third-order valence-electron chi connectivity index (χ3n) is 6.20. The van der Waals surface area contributed by atoms with Crippen LogP contribution in [0.2, 0.25) is 0 Å². The van der Waals surface area contributed by atoms with Gasteiger partial charge < -0.3 is 9.64 Å². The molecule has 2 bridgehead atoms. The van der Waals surface area contributed by atoms with Crippen molar-refractivity contribution in [3.63, 3.8) is 0 Å². The van der Waals surface area contributed by atoms with E-state index in [4.69, 9.17) is 4.74 Å². The van der Waals surface area contributed by atoms with E-state index in [0.717, 1.165) is 36.9 Å². The van der Waals surface area contributed by atoms with Gasteiger partial charge in [-0.1, -0.05) is 24.6 Å². The first-order valence-corrected chi connectivity index (χ1v) is 9.65. The molecule has 3 aliphatic rings. The maximum Gasteiger partial charge on any atom is 0.309 e. The zero-order valence-corrected chi connectivity index (χ0v) is 15.1. The number of fused-ring (bicyclic) bond motifs is 3. The molecular weight excluding hydrogens is 330 g/mol. The highest BCUT2D eigenvalue weighted by atomic mass is 16.5. The molecule has 1 amide bonds. The minimum Gasteiger partial charge on any atom is -0.455 e. The molecule has 2 saturated carbocycles. The number of anilines is 1. The van der Waals surface area contributed by atoms with Gasteiger partial charge in [-0.2, -0.15) is 0 Å². The molecule has 1 aliphatic heterocycles. The van der Waals surface area contributed by atoms with Crippen molar-refractivity contribution in [2.24, 2.45) is 17.8 Å². The number of para-hydroxylation sites is 1. The van der Waals surface area contributed by atoms with E-state index in [2.05, 4.69) is 0 Å². The summed E-state index contributed by atoms with van der Waals surface area (Å²) in [5, 5.41) is 0. The van der Waals surface area contributed by atoms with Gasteiger partial charge in [-0.3, -0.25) is 14.4 Å². The molecule has 0 N–H and O–H groups in total. The van der Waals surface area contributed by atoms with Crippen molar-refractivity contribution in [2.45, 2.75) is 51.5 Å². The molecule has 5 nitrogen and oxygen atoms in total. The van der Waals surface area contributed by atoms with Crippen LogP contribution in [-0.4, -0.2) is 30.3 Å². The van der Waals surface area contributed by atoms with Crippen LogP contribution in [-0.2, 0) is 25.5 Å². The predicted octanol–water partition coefficient (Wildman–Crippen LogP) is 2.90. The highest BCUT2D eigenvalue weighted by Gasteiger charge is 2.42. The summed E-state index contributed by atoms with van der Waals surface area (Å²) >= 11 is 0. The smallest absolute Gasteiger partial charge is 0.309 e. The largest absolute Gasteiger partial charge is 0.455 e. The van der Waals surface area contributed by atoms with E-state index in [9.17, 15) is 14.4 Å². The van der Waals surface area contributed by atoms with Gasteiger partial charge in [-0.15, -0.1) is 0 Å². The highest BCUT2D eigenvalue weighted by molar-refractivity contribution is 5.98. The number of hydrogen-bond acceptors (Lipinski definition) is 4. The molecule has 4 atom stereocenters. The number of hydrogen-bond donors (Lipinski definition) is 0. The van der Waals surface area contributed by atoms with Gasteiger partial charge in [0.1, 0.15) is 5.78 Å². The summed E-state index contributed by atoms with van der Waals surface area (Å²) in [5.74, 6) is -0.369. The standard InChI is InChI=1S/C21H25NO4/c1-13-9-14-5-2-3-8-18(14)22(13)19(23)12-26-21(25)17-10-15-6-4-7-16(11-17)20(15)24/h2-3,5,8,13,15-17H,4,6-7,9-12H2,1H3/t13-,15-,16+,17?/m0/s1. The van der Waals surface area contributed by atoms with Gasteiger partial charge in [0.25, 0.3) is 5.91 Å². The average molecular weight is 355 g/mol. The van der Waals surface area contributed by atoms with Gasteiger partial charge in [0, 0.05) is 23.6 Å². The Labute approximate surface area is 153 Å². The lowest BCUT2D eigenvalue weighted by Gasteiger charge is -2.36. The molecule has 1 aromatic rings. The van der Waals surface area contributed by atoms with Crippen LogP contribution in [0.25, 0.3) is 0 Å². The van der Waals surface area contributed by atoms with E-state index < -0.39 is 0 Å². The first-order valence-electron chi connectivity index (χ1n) is 9.65. The lowest BCUT2D eigenvalue weighted by atomic mass is 9.67. The number of ketones is 1. The Kier molecular flexibility index (Phi) is 4.55. The summed E-state index contributed by atoms with van der Waals surface area (Å²) in [6.45, 7) is 1.78. The number of amides is 1. The Morgan fingerprint density at radius 2 is 1.85 bits per heavy atom. The van der Waals surface area contributed by atoms with E-state index in [1.807, 2.05) is 31.2 Å². The molecule has 0 saturated heterocycles. The van der Waals surface area contributed by atoms with Crippen molar-refractivity contribution in [2.75, 3.05) is 11.5 Å². The number of rotatable bonds is 3. The normalized spacial score (nSPS) is 30.0. The van der Waals surface area contributed by atoms with Crippen LogP contribution in [0.15, 0.2) is 24.3 Å². The van der Waals surface area contributed by atoms with Gasteiger partial charge in [-0.25, -0.2) is 0 Å². The molecule has 1 unspecified atom stereocenters. The fourth-order valence-corrected chi connectivity index (χ4v) is 4.94. The number of carbonyl (C=O) groups excluding carboxylic acids is 3. The second kappa shape index (κ2) is 6.86. The van der Waals surface area contributed by atoms with Crippen LogP contribution in [0, 0.1) is 17.8 Å². The molecule has 2 fully saturated rings. The lowest BCUT2D eigenvalue weighted by molar-refractivity contribution is -0.156. The third-order valence-corrected chi connectivity index (χ3v) is 6.20. The first kappa shape index (κ1) is 17.3. The molecule has 26 heavy (non-hydrogen) atoms. The quantitative estimate of drug-likeness (QED) is 0.782. The van der Waals surface area contributed by atoms with Crippen LogP contribution in [0.5, 0.6) is 0 Å². The van der Waals surface area contributed by atoms with Gasteiger partial charge in [0.15, 0.2) is 6.61 Å². The molecule has 1 heterocycles. The number of nitrogens with zero attached hydrogens (tertiary/aromatic N) is 1. The van der Waals surface area contributed by atoms with Crippen molar-refractivity contribution in [3.05, 3.63) is 29.8 Å². The molecule has 138 valence electrons. The van der Waals surface area contributed by atoms with Crippen LogP contribution < -0.4 is 4.90 Å². The fourth-order valence-electron chi connectivity index (χ4n) is 4.94. The third kappa shape index (κ3) is 3.04. The van der Waals surface area contributed by atoms with Gasteiger partial charge in [0.2, 0.25) is 0 Å². The zero-order chi connectivity index (χ0) is 18.3. The van der Waals surface area contributed by atoms with Crippen LogP contribution in [0.4, 0.5) is 5.69 Å². The monoisotopic (exact) mass is 355 g/mol. The number of Topliss-reactive ketones (excluding diaryl/α,β-unsaturated/α-hetero) is 1. The summed E-state index contributed by atoms with van der Waals surface area (Å²) in [7, 11) is 0. The molecule has 0 radical (unpaired) electrons. The summed E-state index contributed by atoms with van der Waals surface area (Å²) in [4.78, 5) is 39.0. The number of ether oxygens (including phenoxy) is 1. The fraction of sp³-hybridized carbons (Fsp3) is 0.571. The molecular formula is C21H25NO4. The minimum absolute atomic E-state index is 0.0150. The summed E-state index contributed by atoms with van der Waals surface area (Å²) in [5.41, 5.74) is 2.07. The topological polar surface area (TPSA) is 63.7 Å². The first-order chi connectivity index (χ1) is 12.5. The van der Waals surface area contributed by atoms with Crippen molar-refractivity contribution in [1.82, 2.24) is 0 Å². The van der Waals surface area contributed by atoms with Crippen LogP contribution in [0.1, 0.15) is 44.6 Å². The van der Waals surface area contributed by atoms with Gasteiger partial charge >= 0.3 is 5.97 Å². The van der Waals surface area contributed by atoms with Gasteiger partial charge in [-0.05, 0) is 50.7 Å². The number of carbonyl (C=O) groups is 3. The number of esters is 1. The van der Waals surface area contributed by atoms with Crippen molar-refractivity contribution < 1.29 is 19.1 Å². The van der Waals surface area contributed by atoms with E-state index in [1.165, 1.54) is 0 Å². The summed E-state index contributed by atoms with van der Waals surface area (Å²) in [6.07, 6.45) is 4.86. The minimum atomic E-state index is -0.317. The molecule has 4 rings (SSSR count). The second-order valence-electron chi connectivity index (χ2n) is 7.95. The summed E-state index contributed by atoms with van der Waals surface area (Å²) < 4.78 is 5.38.